The summed E-state index contributed by atoms with van der Waals surface area (Å²) in [6.45, 7) is 8.43. The van der Waals surface area contributed by atoms with Crippen molar-refractivity contribution in [3.63, 3.8) is 0 Å². The fourth-order valence-corrected chi connectivity index (χ4v) is 2.35. The quantitative estimate of drug-likeness (QED) is 0.846. The SMILES string of the molecule is Cc1ccc(O)c(CN2CCN(C)C(C)C2)c1. The number of aryl methyl sites for hydroxylation is 1. The molecule has 1 aliphatic heterocycles. The van der Waals surface area contributed by atoms with Gasteiger partial charge < -0.3 is 10.0 Å². The number of benzene rings is 1. The second-order valence-corrected chi connectivity index (χ2v) is 5.20. The molecule has 1 fully saturated rings. The van der Waals surface area contributed by atoms with Crippen LogP contribution in [-0.2, 0) is 6.54 Å². The van der Waals surface area contributed by atoms with Gasteiger partial charge >= 0.3 is 0 Å². The number of phenolic OH excluding ortho intramolecular Hbond substituents is 1. The van der Waals surface area contributed by atoms with Crippen molar-refractivity contribution < 1.29 is 5.11 Å². The molecule has 1 saturated heterocycles. The fourth-order valence-electron chi connectivity index (χ4n) is 2.35. The summed E-state index contributed by atoms with van der Waals surface area (Å²) in [4.78, 5) is 4.80. The second kappa shape index (κ2) is 5.07. The third kappa shape index (κ3) is 2.99. The Bertz CT molecular complexity index is 392. The molecule has 1 aliphatic rings. The van der Waals surface area contributed by atoms with Crippen LogP contribution in [0.3, 0.4) is 0 Å². The van der Waals surface area contributed by atoms with E-state index in [1.165, 1.54) is 5.56 Å². The van der Waals surface area contributed by atoms with Gasteiger partial charge in [-0.3, -0.25) is 4.90 Å². The van der Waals surface area contributed by atoms with E-state index < -0.39 is 0 Å². The van der Waals surface area contributed by atoms with Crippen LogP contribution in [0.15, 0.2) is 18.2 Å². The predicted molar refractivity (Wildman–Crippen MR) is 70.2 cm³/mol. The number of likely N-dealkylation sites (N-methyl/N-ethyl adjacent to an activating group) is 1. The van der Waals surface area contributed by atoms with Gasteiger partial charge in [0.25, 0.3) is 0 Å². The largest absolute Gasteiger partial charge is 0.508 e. The highest BCUT2D eigenvalue weighted by Crippen LogP contribution is 2.21. The molecule has 17 heavy (non-hydrogen) atoms. The third-order valence-corrected chi connectivity index (χ3v) is 3.67. The van der Waals surface area contributed by atoms with Gasteiger partial charge in [0, 0.05) is 37.8 Å². The molecule has 94 valence electrons. The van der Waals surface area contributed by atoms with E-state index in [0.717, 1.165) is 31.7 Å². The highest BCUT2D eigenvalue weighted by Gasteiger charge is 2.21. The zero-order valence-electron chi connectivity index (χ0n) is 11.0. The van der Waals surface area contributed by atoms with E-state index in [9.17, 15) is 5.11 Å². The van der Waals surface area contributed by atoms with Crippen molar-refractivity contribution in [3.8, 4) is 5.75 Å². The van der Waals surface area contributed by atoms with E-state index in [2.05, 4.69) is 36.8 Å². The van der Waals surface area contributed by atoms with Gasteiger partial charge in [-0.1, -0.05) is 17.7 Å². The zero-order valence-corrected chi connectivity index (χ0v) is 11.0. The highest BCUT2D eigenvalue weighted by atomic mass is 16.3. The predicted octanol–water partition coefficient (Wildman–Crippen LogP) is 1.84. The minimum absolute atomic E-state index is 0.419. The molecule has 0 radical (unpaired) electrons. The molecule has 3 heteroatoms. The average molecular weight is 234 g/mol. The summed E-state index contributed by atoms with van der Waals surface area (Å²) in [5.74, 6) is 0.419. The van der Waals surface area contributed by atoms with Gasteiger partial charge in [0.1, 0.15) is 5.75 Å². The van der Waals surface area contributed by atoms with Gasteiger partial charge in [-0.15, -0.1) is 0 Å². The number of aromatic hydroxyl groups is 1. The molecule has 1 aromatic rings. The van der Waals surface area contributed by atoms with Crippen molar-refractivity contribution in [3.05, 3.63) is 29.3 Å². The Morgan fingerprint density at radius 3 is 2.82 bits per heavy atom. The molecule has 0 saturated carbocycles. The lowest BCUT2D eigenvalue weighted by molar-refractivity contribution is 0.0994. The summed E-state index contributed by atoms with van der Waals surface area (Å²) in [5, 5.41) is 9.85. The van der Waals surface area contributed by atoms with Crippen LogP contribution < -0.4 is 0 Å². The van der Waals surface area contributed by atoms with Crippen LogP contribution >= 0.6 is 0 Å². The molecule has 3 nitrogen and oxygen atoms in total. The second-order valence-electron chi connectivity index (χ2n) is 5.20. The van der Waals surface area contributed by atoms with Gasteiger partial charge in [-0.2, -0.15) is 0 Å². The molecule has 0 bridgehead atoms. The topological polar surface area (TPSA) is 26.7 Å². The van der Waals surface area contributed by atoms with Gasteiger partial charge in [0.05, 0.1) is 0 Å². The lowest BCUT2D eigenvalue weighted by Gasteiger charge is -2.37. The number of hydrogen-bond donors (Lipinski definition) is 1. The van der Waals surface area contributed by atoms with E-state index in [4.69, 9.17) is 0 Å². The Morgan fingerprint density at radius 1 is 1.35 bits per heavy atom. The molecule has 0 amide bonds. The first-order valence-corrected chi connectivity index (χ1v) is 6.27. The van der Waals surface area contributed by atoms with Crippen molar-refractivity contribution in [2.24, 2.45) is 0 Å². The maximum absolute atomic E-state index is 9.85. The standard InChI is InChI=1S/C14H22N2O/c1-11-4-5-14(17)13(8-11)10-16-7-6-15(3)12(2)9-16/h4-5,8,12,17H,6-7,9-10H2,1-3H3. The van der Waals surface area contributed by atoms with E-state index in [1.54, 1.807) is 6.07 Å². The van der Waals surface area contributed by atoms with Gasteiger partial charge in [0.15, 0.2) is 0 Å². The molecule has 2 rings (SSSR count). The summed E-state index contributed by atoms with van der Waals surface area (Å²) in [5.41, 5.74) is 2.25. The molecule has 1 unspecified atom stereocenters. The first-order chi connectivity index (χ1) is 8.06. The maximum Gasteiger partial charge on any atom is 0.120 e. The van der Waals surface area contributed by atoms with Crippen LogP contribution in [0.2, 0.25) is 0 Å². The van der Waals surface area contributed by atoms with E-state index in [0.29, 0.717) is 11.8 Å². The summed E-state index contributed by atoms with van der Waals surface area (Å²) in [6, 6.07) is 6.42. The van der Waals surface area contributed by atoms with Gasteiger partial charge in [0.2, 0.25) is 0 Å². The Hall–Kier alpha value is -1.06. The average Bonchev–Trinajstić information content (AvgIpc) is 2.29. The summed E-state index contributed by atoms with van der Waals surface area (Å²) >= 11 is 0. The first-order valence-electron chi connectivity index (χ1n) is 6.27. The number of nitrogens with zero attached hydrogens (tertiary/aromatic N) is 2. The molecule has 0 aromatic heterocycles. The minimum Gasteiger partial charge on any atom is -0.508 e. The number of hydrogen-bond acceptors (Lipinski definition) is 3. The molecule has 1 N–H and O–H groups in total. The highest BCUT2D eigenvalue weighted by molar-refractivity contribution is 5.35. The number of rotatable bonds is 2. The Balaban J connectivity index is 2.03. The molecule has 1 heterocycles. The molecule has 0 spiro atoms. The lowest BCUT2D eigenvalue weighted by atomic mass is 10.1. The Kier molecular flexibility index (Phi) is 3.69. The van der Waals surface area contributed by atoms with Crippen molar-refractivity contribution in [2.75, 3.05) is 26.7 Å². The van der Waals surface area contributed by atoms with Crippen molar-refractivity contribution in [2.45, 2.75) is 26.4 Å². The normalized spacial score (nSPS) is 22.9. The summed E-state index contributed by atoms with van der Waals surface area (Å²) in [6.07, 6.45) is 0. The van der Waals surface area contributed by atoms with E-state index in [-0.39, 0.29) is 0 Å². The van der Waals surface area contributed by atoms with Crippen LogP contribution in [0.5, 0.6) is 5.75 Å². The van der Waals surface area contributed by atoms with E-state index >= 15 is 0 Å². The number of piperazine rings is 1. The van der Waals surface area contributed by atoms with Crippen LogP contribution in [0.4, 0.5) is 0 Å². The number of phenols is 1. The monoisotopic (exact) mass is 234 g/mol. The third-order valence-electron chi connectivity index (χ3n) is 3.67. The zero-order chi connectivity index (χ0) is 12.4. The molecule has 1 aromatic carbocycles. The first kappa shape index (κ1) is 12.4. The van der Waals surface area contributed by atoms with Crippen LogP contribution in [0, 0.1) is 6.92 Å². The fraction of sp³-hybridized carbons (Fsp3) is 0.571. The minimum atomic E-state index is 0.419. The van der Waals surface area contributed by atoms with Crippen LogP contribution in [0.1, 0.15) is 18.1 Å². The van der Waals surface area contributed by atoms with Crippen molar-refractivity contribution >= 4 is 0 Å². The lowest BCUT2D eigenvalue weighted by Crippen LogP contribution is -2.49. The molecule has 1 atom stereocenters. The Labute approximate surface area is 104 Å². The van der Waals surface area contributed by atoms with E-state index in [1.807, 2.05) is 6.07 Å². The Morgan fingerprint density at radius 2 is 2.12 bits per heavy atom. The summed E-state index contributed by atoms with van der Waals surface area (Å²) in [7, 11) is 2.17. The van der Waals surface area contributed by atoms with Gasteiger partial charge in [-0.25, -0.2) is 0 Å². The van der Waals surface area contributed by atoms with Crippen molar-refractivity contribution in [1.82, 2.24) is 9.80 Å². The summed E-state index contributed by atoms with van der Waals surface area (Å²) < 4.78 is 0. The van der Waals surface area contributed by atoms with Crippen LogP contribution in [-0.4, -0.2) is 47.6 Å². The molecular formula is C14H22N2O. The molecular weight excluding hydrogens is 212 g/mol. The smallest absolute Gasteiger partial charge is 0.120 e. The maximum atomic E-state index is 9.85. The van der Waals surface area contributed by atoms with Gasteiger partial charge in [-0.05, 0) is 27.0 Å². The van der Waals surface area contributed by atoms with Crippen LogP contribution in [0.25, 0.3) is 0 Å². The van der Waals surface area contributed by atoms with Crippen molar-refractivity contribution in [1.29, 1.82) is 0 Å². The molecule has 0 aliphatic carbocycles.